The molecular formula is C22H19ClN4O3. The molecule has 1 atom stereocenters. The number of aryl methyl sites for hydroxylation is 1. The van der Waals surface area contributed by atoms with Crippen molar-refractivity contribution in [1.82, 2.24) is 15.5 Å². The Kier molecular flexibility index (Phi) is 5.54. The molecule has 0 aliphatic carbocycles. The number of para-hydroxylation sites is 1. The first-order valence-electron chi connectivity index (χ1n) is 9.36. The van der Waals surface area contributed by atoms with Crippen LogP contribution in [0.4, 0.5) is 5.82 Å². The third-order valence-corrected chi connectivity index (χ3v) is 5.16. The zero-order valence-corrected chi connectivity index (χ0v) is 16.9. The summed E-state index contributed by atoms with van der Waals surface area (Å²) in [6.07, 6.45) is 1.91. The molecule has 0 aliphatic heterocycles. The highest BCUT2D eigenvalue weighted by Crippen LogP contribution is 2.34. The fourth-order valence-corrected chi connectivity index (χ4v) is 3.67. The molecule has 0 radical (unpaired) electrons. The summed E-state index contributed by atoms with van der Waals surface area (Å²) in [5.41, 5.74) is 2.82. The van der Waals surface area contributed by atoms with E-state index in [-0.39, 0.29) is 18.3 Å². The Bertz CT molecular complexity index is 1210. The Morgan fingerprint density at radius 1 is 1.10 bits per heavy atom. The van der Waals surface area contributed by atoms with Crippen LogP contribution in [-0.4, -0.2) is 28.5 Å². The summed E-state index contributed by atoms with van der Waals surface area (Å²) in [6, 6.07) is 16.9. The number of nitrogens with zero attached hydrogens (tertiary/aromatic N) is 1. The van der Waals surface area contributed by atoms with Crippen molar-refractivity contribution in [2.24, 2.45) is 0 Å². The molecule has 4 aromatic rings. The minimum absolute atomic E-state index is 0.187. The van der Waals surface area contributed by atoms with Crippen LogP contribution < -0.4 is 10.6 Å². The van der Waals surface area contributed by atoms with E-state index in [1.807, 2.05) is 48.7 Å². The Labute approximate surface area is 177 Å². The monoisotopic (exact) mass is 422 g/mol. The summed E-state index contributed by atoms with van der Waals surface area (Å²) in [4.78, 5) is 27.8. The van der Waals surface area contributed by atoms with Gasteiger partial charge in [0.05, 0.1) is 0 Å². The second-order valence-corrected chi connectivity index (χ2v) is 7.26. The molecule has 0 fully saturated rings. The zero-order chi connectivity index (χ0) is 21.1. The number of carbonyl (C=O) groups excluding carboxylic acids is 2. The molecule has 3 N–H and O–H groups in total. The molecule has 0 spiro atoms. The van der Waals surface area contributed by atoms with Crippen LogP contribution in [0.1, 0.15) is 22.8 Å². The minimum Gasteiger partial charge on any atom is -0.361 e. The summed E-state index contributed by atoms with van der Waals surface area (Å²) in [5.74, 6) is -1.12. The standard InChI is InChI=1S/C22H19ClN4O3/c1-13-10-20(27-30-13)26-22(29)21(28)25-12-16(14-6-2-4-8-18(14)23)17-11-24-19-9-5-3-7-15(17)19/h2-11,16,24H,12H2,1H3,(H,25,28)(H,26,27,29)/t16-/m1/s1. The first kappa shape index (κ1) is 19.7. The Hall–Kier alpha value is -3.58. The number of anilines is 1. The highest BCUT2D eigenvalue weighted by atomic mass is 35.5. The van der Waals surface area contributed by atoms with E-state index in [9.17, 15) is 9.59 Å². The number of amides is 2. The first-order chi connectivity index (χ1) is 14.5. The number of rotatable bonds is 5. The second kappa shape index (κ2) is 8.42. The molecule has 152 valence electrons. The lowest BCUT2D eigenvalue weighted by atomic mass is 9.90. The fraction of sp³-hybridized carbons (Fsp3) is 0.136. The van der Waals surface area contributed by atoms with E-state index in [2.05, 4.69) is 20.8 Å². The number of hydrogen-bond acceptors (Lipinski definition) is 4. The van der Waals surface area contributed by atoms with Crippen LogP contribution >= 0.6 is 11.6 Å². The number of aromatic nitrogens is 2. The Morgan fingerprint density at radius 2 is 1.87 bits per heavy atom. The molecule has 0 saturated carbocycles. The number of fused-ring (bicyclic) bond motifs is 1. The van der Waals surface area contributed by atoms with Gasteiger partial charge in [0, 0.05) is 40.7 Å². The van der Waals surface area contributed by atoms with E-state index in [0.29, 0.717) is 10.8 Å². The molecule has 8 heteroatoms. The van der Waals surface area contributed by atoms with Crippen molar-refractivity contribution in [1.29, 1.82) is 0 Å². The van der Waals surface area contributed by atoms with Crippen molar-refractivity contribution in [3.63, 3.8) is 0 Å². The molecule has 0 unspecified atom stereocenters. The fourth-order valence-electron chi connectivity index (χ4n) is 3.40. The Balaban J connectivity index is 1.57. The van der Waals surface area contributed by atoms with E-state index in [1.54, 1.807) is 13.0 Å². The lowest BCUT2D eigenvalue weighted by Gasteiger charge is -2.19. The van der Waals surface area contributed by atoms with Gasteiger partial charge in [-0.3, -0.25) is 14.9 Å². The van der Waals surface area contributed by atoms with Crippen LogP contribution in [0.25, 0.3) is 10.9 Å². The lowest BCUT2D eigenvalue weighted by molar-refractivity contribution is -0.136. The maximum atomic E-state index is 12.4. The van der Waals surface area contributed by atoms with Crippen molar-refractivity contribution in [2.45, 2.75) is 12.8 Å². The molecule has 2 heterocycles. The summed E-state index contributed by atoms with van der Waals surface area (Å²) >= 11 is 6.45. The van der Waals surface area contributed by atoms with Crippen molar-refractivity contribution >= 4 is 40.1 Å². The molecule has 2 aromatic heterocycles. The van der Waals surface area contributed by atoms with E-state index >= 15 is 0 Å². The SMILES string of the molecule is Cc1cc(NC(=O)C(=O)NC[C@H](c2ccccc2Cl)c2c[nH]c3ccccc23)no1. The van der Waals surface area contributed by atoms with Gasteiger partial charge in [0.25, 0.3) is 0 Å². The van der Waals surface area contributed by atoms with Gasteiger partial charge >= 0.3 is 11.8 Å². The number of carbonyl (C=O) groups is 2. The number of hydrogen-bond donors (Lipinski definition) is 3. The van der Waals surface area contributed by atoms with Gasteiger partial charge in [0.15, 0.2) is 5.82 Å². The van der Waals surface area contributed by atoms with Crippen LogP contribution in [0.2, 0.25) is 5.02 Å². The quantitative estimate of drug-likeness (QED) is 0.423. The van der Waals surface area contributed by atoms with Gasteiger partial charge < -0.3 is 14.8 Å². The lowest BCUT2D eigenvalue weighted by Crippen LogP contribution is -2.38. The van der Waals surface area contributed by atoms with Gasteiger partial charge in [-0.05, 0) is 30.2 Å². The highest BCUT2D eigenvalue weighted by molar-refractivity contribution is 6.39. The van der Waals surface area contributed by atoms with Crippen LogP contribution in [0, 0.1) is 6.92 Å². The van der Waals surface area contributed by atoms with Gasteiger partial charge in [-0.25, -0.2) is 0 Å². The number of nitrogens with one attached hydrogen (secondary N) is 3. The third-order valence-electron chi connectivity index (χ3n) is 4.82. The van der Waals surface area contributed by atoms with Crippen LogP contribution in [0.3, 0.4) is 0 Å². The van der Waals surface area contributed by atoms with E-state index in [4.69, 9.17) is 16.1 Å². The number of halogens is 1. The molecular weight excluding hydrogens is 404 g/mol. The Morgan fingerprint density at radius 3 is 2.63 bits per heavy atom. The van der Waals surface area contributed by atoms with E-state index in [0.717, 1.165) is 22.0 Å². The minimum atomic E-state index is -0.819. The molecule has 4 rings (SSSR count). The molecule has 2 amide bonds. The third kappa shape index (κ3) is 4.06. The van der Waals surface area contributed by atoms with Gasteiger partial charge in [-0.2, -0.15) is 0 Å². The normalized spacial score (nSPS) is 11.9. The molecule has 7 nitrogen and oxygen atoms in total. The predicted octanol–water partition coefficient (Wildman–Crippen LogP) is 4.00. The average Bonchev–Trinajstić information content (AvgIpc) is 3.35. The number of aromatic amines is 1. The largest absolute Gasteiger partial charge is 0.361 e. The van der Waals surface area contributed by atoms with Crippen molar-refractivity contribution in [3.8, 4) is 0 Å². The smallest absolute Gasteiger partial charge is 0.314 e. The van der Waals surface area contributed by atoms with Crippen LogP contribution in [-0.2, 0) is 9.59 Å². The molecule has 0 saturated heterocycles. The van der Waals surface area contributed by atoms with Crippen molar-refractivity contribution in [3.05, 3.63) is 82.7 Å². The zero-order valence-electron chi connectivity index (χ0n) is 16.1. The van der Waals surface area contributed by atoms with Crippen LogP contribution in [0.5, 0.6) is 0 Å². The van der Waals surface area contributed by atoms with Gasteiger partial charge in [-0.15, -0.1) is 0 Å². The van der Waals surface area contributed by atoms with Crippen molar-refractivity contribution < 1.29 is 14.1 Å². The first-order valence-corrected chi connectivity index (χ1v) is 9.73. The number of H-pyrrole nitrogens is 1. The summed E-state index contributed by atoms with van der Waals surface area (Å²) in [5, 5.41) is 10.4. The highest BCUT2D eigenvalue weighted by Gasteiger charge is 2.23. The van der Waals surface area contributed by atoms with Gasteiger partial charge in [0.1, 0.15) is 5.76 Å². The number of benzene rings is 2. The molecule has 2 aromatic carbocycles. The molecule has 0 bridgehead atoms. The van der Waals surface area contributed by atoms with E-state index < -0.39 is 11.8 Å². The second-order valence-electron chi connectivity index (χ2n) is 6.85. The van der Waals surface area contributed by atoms with Gasteiger partial charge in [-0.1, -0.05) is 53.2 Å². The van der Waals surface area contributed by atoms with Gasteiger partial charge in [0.2, 0.25) is 0 Å². The average molecular weight is 423 g/mol. The van der Waals surface area contributed by atoms with Crippen molar-refractivity contribution in [2.75, 3.05) is 11.9 Å². The maximum Gasteiger partial charge on any atom is 0.314 e. The molecule has 0 aliphatic rings. The topological polar surface area (TPSA) is 100 Å². The summed E-state index contributed by atoms with van der Waals surface area (Å²) in [6.45, 7) is 1.88. The molecule has 30 heavy (non-hydrogen) atoms. The van der Waals surface area contributed by atoms with E-state index in [1.165, 1.54) is 6.07 Å². The maximum absolute atomic E-state index is 12.4. The van der Waals surface area contributed by atoms with Crippen LogP contribution in [0.15, 0.2) is 65.3 Å². The summed E-state index contributed by atoms with van der Waals surface area (Å²) in [7, 11) is 0. The summed E-state index contributed by atoms with van der Waals surface area (Å²) < 4.78 is 4.89. The predicted molar refractivity (Wildman–Crippen MR) is 114 cm³/mol.